The maximum Gasteiger partial charge on any atom is 0.267 e. The molecule has 0 saturated carbocycles. The molecule has 1 atom stereocenters. The van der Waals surface area contributed by atoms with Gasteiger partial charge in [-0.1, -0.05) is 29.3 Å². The number of nitrogens with one attached hydrogen (secondary N) is 2. The van der Waals surface area contributed by atoms with E-state index in [4.69, 9.17) is 23.2 Å². The van der Waals surface area contributed by atoms with Gasteiger partial charge < -0.3 is 5.32 Å². The monoisotopic (exact) mass is 313 g/mol. The number of hydrogen-bond donors (Lipinski definition) is 2. The number of hydrazone groups is 1. The van der Waals surface area contributed by atoms with E-state index in [-0.39, 0.29) is 24.3 Å². The molecule has 0 spiro atoms. The second kappa shape index (κ2) is 6.24. The lowest BCUT2D eigenvalue weighted by Crippen LogP contribution is -2.37. The molecule has 1 aromatic carbocycles. The highest BCUT2D eigenvalue weighted by Gasteiger charge is 2.20. The van der Waals surface area contributed by atoms with Crippen LogP contribution in [0, 0.1) is 0 Å². The van der Waals surface area contributed by atoms with Gasteiger partial charge in [-0.05, 0) is 24.6 Å². The molecule has 0 fully saturated rings. The minimum absolute atomic E-state index is 0.181. The SMILES string of the molecule is CC(NC(=O)C1=NNC(=O)CC1)c1ccc(Cl)c(Cl)c1. The predicted molar refractivity (Wildman–Crippen MR) is 77.8 cm³/mol. The smallest absolute Gasteiger partial charge is 0.267 e. The zero-order valence-corrected chi connectivity index (χ0v) is 12.3. The lowest BCUT2D eigenvalue weighted by atomic mass is 10.1. The number of benzene rings is 1. The molecule has 0 aromatic heterocycles. The molecule has 0 saturated heterocycles. The van der Waals surface area contributed by atoms with Crippen LogP contribution in [0.5, 0.6) is 0 Å². The first-order chi connectivity index (χ1) is 9.47. The molecule has 2 N–H and O–H groups in total. The first kappa shape index (κ1) is 14.8. The van der Waals surface area contributed by atoms with Crippen LogP contribution in [0.1, 0.15) is 31.4 Å². The van der Waals surface area contributed by atoms with Crippen LogP contribution in [0.4, 0.5) is 0 Å². The molecule has 1 aliphatic heterocycles. The summed E-state index contributed by atoms with van der Waals surface area (Å²) >= 11 is 11.8. The van der Waals surface area contributed by atoms with Crippen molar-refractivity contribution in [3.8, 4) is 0 Å². The Hall–Kier alpha value is -1.59. The number of rotatable bonds is 3. The van der Waals surface area contributed by atoms with Gasteiger partial charge in [-0.3, -0.25) is 9.59 Å². The maximum atomic E-state index is 12.0. The molecule has 2 amide bonds. The molecular formula is C13H13Cl2N3O2. The zero-order chi connectivity index (χ0) is 14.7. The van der Waals surface area contributed by atoms with Crippen LogP contribution < -0.4 is 10.7 Å². The molecule has 0 aliphatic carbocycles. The second-order valence-electron chi connectivity index (χ2n) is 4.46. The molecule has 5 nitrogen and oxygen atoms in total. The topological polar surface area (TPSA) is 70.6 Å². The molecular weight excluding hydrogens is 301 g/mol. The Labute approximate surface area is 126 Å². The van der Waals surface area contributed by atoms with Crippen molar-refractivity contribution in [2.24, 2.45) is 5.10 Å². The Morgan fingerprint density at radius 2 is 2.10 bits per heavy atom. The van der Waals surface area contributed by atoms with Gasteiger partial charge >= 0.3 is 0 Å². The van der Waals surface area contributed by atoms with Crippen molar-refractivity contribution >= 4 is 40.7 Å². The van der Waals surface area contributed by atoms with Gasteiger partial charge in [0.2, 0.25) is 5.91 Å². The minimum Gasteiger partial charge on any atom is -0.344 e. The van der Waals surface area contributed by atoms with Crippen LogP contribution in [-0.4, -0.2) is 17.5 Å². The summed E-state index contributed by atoms with van der Waals surface area (Å²) in [6.45, 7) is 1.83. The van der Waals surface area contributed by atoms with Crippen molar-refractivity contribution in [3.63, 3.8) is 0 Å². The first-order valence-electron chi connectivity index (χ1n) is 6.08. The Morgan fingerprint density at radius 3 is 2.70 bits per heavy atom. The van der Waals surface area contributed by atoms with Crippen LogP contribution in [-0.2, 0) is 9.59 Å². The van der Waals surface area contributed by atoms with Crippen LogP contribution in [0.2, 0.25) is 10.0 Å². The zero-order valence-electron chi connectivity index (χ0n) is 10.7. The van der Waals surface area contributed by atoms with Gasteiger partial charge in [-0.2, -0.15) is 5.10 Å². The van der Waals surface area contributed by atoms with Crippen molar-refractivity contribution < 1.29 is 9.59 Å². The summed E-state index contributed by atoms with van der Waals surface area (Å²) in [5.41, 5.74) is 3.45. The molecule has 1 aliphatic rings. The first-order valence-corrected chi connectivity index (χ1v) is 6.84. The van der Waals surface area contributed by atoms with Gasteiger partial charge in [0.1, 0.15) is 5.71 Å². The highest BCUT2D eigenvalue weighted by atomic mass is 35.5. The summed E-state index contributed by atoms with van der Waals surface area (Å²) in [4.78, 5) is 23.0. The van der Waals surface area contributed by atoms with E-state index in [2.05, 4.69) is 15.8 Å². The summed E-state index contributed by atoms with van der Waals surface area (Å²) in [7, 11) is 0. The predicted octanol–water partition coefficient (Wildman–Crippen LogP) is 2.44. The van der Waals surface area contributed by atoms with Gasteiger partial charge in [0.05, 0.1) is 16.1 Å². The van der Waals surface area contributed by atoms with Gasteiger partial charge in [-0.25, -0.2) is 5.43 Å². The molecule has 1 aromatic rings. The number of nitrogens with zero attached hydrogens (tertiary/aromatic N) is 1. The van der Waals surface area contributed by atoms with Gasteiger partial charge in [0.15, 0.2) is 0 Å². The largest absolute Gasteiger partial charge is 0.344 e. The summed E-state index contributed by atoms with van der Waals surface area (Å²) < 4.78 is 0. The normalized spacial score (nSPS) is 16.1. The molecule has 106 valence electrons. The van der Waals surface area contributed by atoms with E-state index >= 15 is 0 Å². The number of halogens is 2. The molecule has 2 rings (SSSR count). The van der Waals surface area contributed by atoms with Crippen molar-refractivity contribution in [1.29, 1.82) is 0 Å². The summed E-state index contributed by atoms with van der Waals surface area (Å²) in [6.07, 6.45) is 0.610. The third-order valence-corrected chi connectivity index (χ3v) is 3.70. The third-order valence-electron chi connectivity index (χ3n) is 2.96. The molecule has 20 heavy (non-hydrogen) atoms. The number of hydrogen-bond acceptors (Lipinski definition) is 3. The fourth-order valence-electron chi connectivity index (χ4n) is 1.78. The van der Waals surface area contributed by atoms with Crippen LogP contribution >= 0.6 is 23.2 Å². The molecule has 0 radical (unpaired) electrons. The van der Waals surface area contributed by atoms with E-state index in [9.17, 15) is 9.59 Å². The highest BCUT2D eigenvalue weighted by molar-refractivity contribution is 6.42. The summed E-state index contributed by atoms with van der Waals surface area (Å²) in [6, 6.07) is 4.95. The molecule has 7 heteroatoms. The third kappa shape index (κ3) is 3.49. The van der Waals surface area contributed by atoms with E-state index < -0.39 is 0 Å². The van der Waals surface area contributed by atoms with Gasteiger partial charge in [0.25, 0.3) is 5.91 Å². The summed E-state index contributed by atoms with van der Waals surface area (Å²) in [5.74, 6) is -0.484. The lowest BCUT2D eigenvalue weighted by molar-refractivity contribution is -0.121. The van der Waals surface area contributed by atoms with Crippen LogP contribution in [0.3, 0.4) is 0 Å². The van der Waals surface area contributed by atoms with Gasteiger partial charge in [-0.15, -0.1) is 0 Å². The number of carbonyl (C=O) groups is 2. The van der Waals surface area contributed by atoms with E-state index in [0.717, 1.165) is 5.56 Å². The number of amides is 2. The Morgan fingerprint density at radius 1 is 1.35 bits per heavy atom. The van der Waals surface area contributed by atoms with Crippen LogP contribution in [0.25, 0.3) is 0 Å². The van der Waals surface area contributed by atoms with Crippen molar-refractivity contribution in [2.45, 2.75) is 25.8 Å². The lowest BCUT2D eigenvalue weighted by Gasteiger charge is -2.17. The van der Waals surface area contributed by atoms with Crippen molar-refractivity contribution in [3.05, 3.63) is 33.8 Å². The fourth-order valence-corrected chi connectivity index (χ4v) is 2.09. The maximum absolute atomic E-state index is 12.0. The fraction of sp³-hybridized carbons (Fsp3) is 0.308. The van der Waals surface area contributed by atoms with E-state index in [1.807, 2.05) is 6.92 Å². The van der Waals surface area contributed by atoms with E-state index in [1.165, 1.54) is 0 Å². The number of carbonyl (C=O) groups excluding carboxylic acids is 2. The Balaban J connectivity index is 2.03. The van der Waals surface area contributed by atoms with Crippen molar-refractivity contribution in [1.82, 2.24) is 10.7 Å². The van der Waals surface area contributed by atoms with Crippen molar-refractivity contribution in [2.75, 3.05) is 0 Å². The Kier molecular flexibility index (Phi) is 4.62. The van der Waals surface area contributed by atoms with Gasteiger partial charge in [0, 0.05) is 12.8 Å². The standard InChI is InChI=1S/C13H13Cl2N3O2/c1-7(8-2-3-9(14)10(15)6-8)16-13(20)11-4-5-12(19)18-17-11/h2-3,6-7H,4-5H2,1H3,(H,16,20)(H,18,19). The van der Waals surface area contributed by atoms with E-state index in [0.29, 0.717) is 22.2 Å². The quantitative estimate of drug-likeness (QED) is 0.899. The minimum atomic E-state index is -0.302. The molecule has 1 unspecified atom stereocenters. The molecule has 1 heterocycles. The summed E-state index contributed by atoms with van der Waals surface area (Å²) in [5, 5.41) is 7.45. The highest BCUT2D eigenvalue weighted by Crippen LogP contribution is 2.25. The molecule has 0 bridgehead atoms. The van der Waals surface area contributed by atoms with E-state index in [1.54, 1.807) is 18.2 Å². The average Bonchev–Trinajstić information content (AvgIpc) is 2.42. The second-order valence-corrected chi connectivity index (χ2v) is 5.28. The average molecular weight is 314 g/mol. The van der Waals surface area contributed by atoms with Crippen LogP contribution in [0.15, 0.2) is 23.3 Å². The Bertz CT molecular complexity index is 587.